The van der Waals surface area contributed by atoms with Crippen LogP contribution in [0.5, 0.6) is 5.75 Å². The zero-order chi connectivity index (χ0) is 14.7. The SMILES string of the molecule is COc1cc(N2CCCCC2C(C)=O)ccc1[N+](=O)[O-]. The number of carbonyl (C=O) groups is 1. The van der Waals surface area contributed by atoms with E-state index in [9.17, 15) is 14.9 Å². The Balaban J connectivity index is 2.36. The van der Waals surface area contributed by atoms with Gasteiger partial charge in [0.05, 0.1) is 18.1 Å². The van der Waals surface area contributed by atoms with Gasteiger partial charge in [-0.05, 0) is 32.3 Å². The number of ketones is 1. The number of nitro groups is 1. The van der Waals surface area contributed by atoms with E-state index in [1.165, 1.54) is 13.2 Å². The molecular weight excluding hydrogens is 260 g/mol. The number of methoxy groups -OCH3 is 1. The van der Waals surface area contributed by atoms with Crippen LogP contribution in [0, 0.1) is 10.1 Å². The normalized spacial score (nSPS) is 18.7. The van der Waals surface area contributed by atoms with E-state index in [1.807, 2.05) is 4.90 Å². The maximum atomic E-state index is 11.7. The maximum absolute atomic E-state index is 11.7. The van der Waals surface area contributed by atoms with Crippen molar-refractivity contribution in [3.8, 4) is 5.75 Å². The topological polar surface area (TPSA) is 72.7 Å². The molecule has 6 heteroatoms. The van der Waals surface area contributed by atoms with Gasteiger partial charge in [-0.15, -0.1) is 0 Å². The summed E-state index contributed by atoms with van der Waals surface area (Å²) in [7, 11) is 1.41. The van der Waals surface area contributed by atoms with E-state index in [0.29, 0.717) is 0 Å². The van der Waals surface area contributed by atoms with Gasteiger partial charge >= 0.3 is 5.69 Å². The van der Waals surface area contributed by atoms with Gasteiger partial charge < -0.3 is 9.64 Å². The van der Waals surface area contributed by atoms with Crippen LogP contribution in [-0.2, 0) is 4.79 Å². The van der Waals surface area contributed by atoms with E-state index in [-0.39, 0.29) is 23.3 Å². The van der Waals surface area contributed by atoms with Gasteiger partial charge in [0.2, 0.25) is 0 Å². The minimum Gasteiger partial charge on any atom is -0.490 e. The summed E-state index contributed by atoms with van der Waals surface area (Å²) in [6, 6.07) is 4.61. The lowest BCUT2D eigenvalue weighted by Crippen LogP contribution is -2.43. The van der Waals surface area contributed by atoms with Crippen LogP contribution in [0.3, 0.4) is 0 Å². The van der Waals surface area contributed by atoms with Gasteiger partial charge in [0.1, 0.15) is 0 Å². The summed E-state index contributed by atoms with van der Waals surface area (Å²) in [5, 5.41) is 10.9. The molecule has 1 unspecified atom stereocenters. The Morgan fingerprint density at radius 3 is 2.80 bits per heavy atom. The monoisotopic (exact) mass is 278 g/mol. The van der Waals surface area contributed by atoms with Crippen molar-refractivity contribution in [1.82, 2.24) is 0 Å². The lowest BCUT2D eigenvalue weighted by Gasteiger charge is -2.36. The molecule has 1 heterocycles. The first-order chi connectivity index (χ1) is 9.54. The highest BCUT2D eigenvalue weighted by atomic mass is 16.6. The van der Waals surface area contributed by atoms with Crippen molar-refractivity contribution < 1.29 is 14.5 Å². The van der Waals surface area contributed by atoms with Crippen molar-refractivity contribution in [1.29, 1.82) is 0 Å². The zero-order valence-electron chi connectivity index (χ0n) is 11.7. The number of rotatable bonds is 4. The Kier molecular flexibility index (Phi) is 4.22. The summed E-state index contributed by atoms with van der Waals surface area (Å²) in [5.41, 5.74) is 0.736. The van der Waals surface area contributed by atoms with Gasteiger partial charge in [0, 0.05) is 24.4 Å². The fourth-order valence-corrected chi connectivity index (χ4v) is 2.66. The fraction of sp³-hybridized carbons (Fsp3) is 0.500. The summed E-state index contributed by atoms with van der Waals surface area (Å²) in [6.07, 6.45) is 2.88. The molecule has 1 aromatic carbocycles. The van der Waals surface area contributed by atoms with Gasteiger partial charge in [0.15, 0.2) is 11.5 Å². The van der Waals surface area contributed by atoms with Gasteiger partial charge in [-0.25, -0.2) is 0 Å². The number of anilines is 1. The molecule has 0 amide bonds. The van der Waals surface area contributed by atoms with Gasteiger partial charge in [0.25, 0.3) is 0 Å². The molecule has 0 aromatic heterocycles. The Morgan fingerprint density at radius 1 is 1.45 bits per heavy atom. The van der Waals surface area contributed by atoms with Crippen LogP contribution in [0.2, 0.25) is 0 Å². The highest BCUT2D eigenvalue weighted by Gasteiger charge is 2.27. The summed E-state index contributed by atoms with van der Waals surface area (Å²) in [4.78, 5) is 24.2. The molecule has 1 aromatic rings. The molecule has 0 N–H and O–H groups in total. The third-order valence-corrected chi connectivity index (χ3v) is 3.66. The highest BCUT2D eigenvalue weighted by molar-refractivity contribution is 5.85. The molecule has 2 rings (SSSR count). The second kappa shape index (κ2) is 5.90. The second-order valence-corrected chi connectivity index (χ2v) is 4.93. The van der Waals surface area contributed by atoms with Crippen molar-refractivity contribution >= 4 is 17.2 Å². The first-order valence-corrected chi connectivity index (χ1v) is 6.64. The number of carbonyl (C=O) groups excluding carboxylic acids is 1. The smallest absolute Gasteiger partial charge is 0.311 e. The van der Waals surface area contributed by atoms with Crippen LogP contribution in [-0.4, -0.2) is 30.4 Å². The van der Waals surface area contributed by atoms with Crippen molar-refractivity contribution in [2.24, 2.45) is 0 Å². The molecule has 0 aliphatic carbocycles. The predicted octanol–water partition coefficient (Wildman–Crippen LogP) is 2.55. The van der Waals surface area contributed by atoms with Crippen LogP contribution in [0.25, 0.3) is 0 Å². The molecule has 1 fully saturated rings. The number of Topliss-reactive ketones (excluding diaryl/α,β-unsaturated/α-hetero) is 1. The average molecular weight is 278 g/mol. The molecule has 1 aliphatic heterocycles. The molecule has 0 bridgehead atoms. The zero-order valence-corrected chi connectivity index (χ0v) is 11.7. The molecular formula is C14H18N2O4. The minimum atomic E-state index is -0.471. The molecule has 0 radical (unpaired) electrons. The average Bonchev–Trinajstić information content (AvgIpc) is 2.46. The summed E-state index contributed by atoms with van der Waals surface area (Å²) in [6.45, 7) is 2.37. The van der Waals surface area contributed by atoms with Crippen molar-refractivity contribution in [2.75, 3.05) is 18.6 Å². The van der Waals surface area contributed by atoms with Crippen LogP contribution < -0.4 is 9.64 Å². The molecule has 20 heavy (non-hydrogen) atoms. The van der Waals surface area contributed by atoms with E-state index >= 15 is 0 Å². The van der Waals surface area contributed by atoms with Crippen molar-refractivity contribution in [2.45, 2.75) is 32.2 Å². The Bertz CT molecular complexity index is 530. The fourth-order valence-electron chi connectivity index (χ4n) is 2.66. The number of benzene rings is 1. The summed E-state index contributed by atoms with van der Waals surface area (Å²) in [5.74, 6) is 0.349. The Labute approximate surface area is 117 Å². The second-order valence-electron chi connectivity index (χ2n) is 4.93. The van der Waals surface area contributed by atoms with Gasteiger partial charge in [-0.1, -0.05) is 0 Å². The lowest BCUT2D eigenvalue weighted by atomic mass is 9.98. The van der Waals surface area contributed by atoms with E-state index in [4.69, 9.17) is 4.74 Å². The lowest BCUT2D eigenvalue weighted by molar-refractivity contribution is -0.385. The molecule has 1 atom stereocenters. The van der Waals surface area contributed by atoms with E-state index < -0.39 is 4.92 Å². The first kappa shape index (κ1) is 14.3. The minimum absolute atomic E-state index is 0.0624. The quantitative estimate of drug-likeness (QED) is 0.625. The molecule has 1 saturated heterocycles. The van der Waals surface area contributed by atoms with Gasteiger partial charge in [-0.3, -0.25) is 14.9 Å². The van der Waals surface area contributed by atoms with Crippen LogP contribution >= 0.6 is 0 Å². The summed E-state index contributed by atoms with van der Waals surface area (Å²) < 4.78 is 5.08. The standard InChI is InChI=1S/C14H18N2O4/c1-10(17)12-5-3-4-8-15(12)11-6-7-13(16(18)19)14(9-11)20-2/h6-7,9,12H,3-5,8H2,1-2H3. The maximum Gasteiger partial charge on any atom is 0.311 e. The van der Waals surface area contributed by atoms with Crippen molar-refractivity contribution in [3.63, 3.8) is 0 Å². The van der Waals surface area contributed by atoms with E-state index in [2.05, 4.69) is 0 Å². The first-order valence-electron chi connectivity index (χ1n) is 6.64. The number of hydrogen-bond donors (Lipinski definition) is 0. The number of nitrogens with zero attached hydrogens (tertiary/aromatic N) is 2. The Hall–Kier alpha value is -2.11. The molecule has 0 spiro atoms. The molecule has 6 nitrogen and oxygen atoms in total. The third kappa shape index (κ3) is 2.74. The number of ether oxygens (including phenoxy) is 1. The highest BCUT2D eigenvalue weighted by Crippen LogP contribution is 2.34. The van der Waals surface area contributed by atoms with Crippen LogP contribution in [0.15, 0.2) is 18.2 Å². The predicted molar refractivity (Wildman–Crippen MR) is 75.3 cm³/mol. The third-order valence-electron chi connectivity index (χ3n) is 3.66. The largest absolute Gasteiger partial charge is 0.490 e. The summed E-state index contributed by atoms with van der Waals surface area (Å²) >= 11 is 0. The van der Waals surface area contributed by atoms with Gasteiger partial charge in [-0.2, -0.15) is 0 Å². The van der Waals surface area contributed by atoms with Crippen LogP contribution in [0.4, 0.5) is 11.4 Å². The molecule has 108 valence electrons. The molecule has 0 saturated carbocycles. The number of hydrogen-bond acceptors (Lipinski definition) is 5. The van der Waals surface area contributed by atoms with E-state index in [1.54, 1.807) is 19.1 Å². The Morgan fingerprint density at radius 2 is 2.20 bits per heavy atom. The van der Waals surface area contributed by atoms with E-state index in [0.717, 1.165) is 31.5 Å². The molecule has 1 aliphatic rings. The number of nitro benzene ring substituents is 1. The van der Waals surface area contributed by atoms with Crippen LogP contribution in [0.1, 0.15) is 26.2 Å². The number of piperidine rings is 1. The van der Waals surface area contributed by atoms with Crippen molar-refractivity contribution in [3.05, 3.63) is 28.3 Å².